The topological polar surface area (TPSA) is 126 Å². The number of nitrogens with two attached hydrogens (primary N) is 1. The fraction of sp³-hybridized carbons (Fsp3) is 0.143. The molecule has 0 bridgehead atoms. The normalized spacial score (nSPS) is 8.36. The molecule has 0 aliphatic rings. The molecule has 4 N–H and O–H groups in total. The van der Waals surface area contributed by atoms with E-state index in [1.165, 1.54) is 18.6 Å². The Morgan fingerprint density at radius 1 is 1.36 bits per heavy atom. The van der Waals surface area contributed by atoms with Crippen LogP contribution in [0.3, 0.4) is 0 Å². The van der Waals surface area contributed by atoms with Crippen molar-refractivity contribution in [2.24, 2.45) is 5.73 Å². The Morgan fingerprint density at radius 2 is 1.93 bits per heavy atom. The number of carboxylic acids is 2. The van der Waals surface area contributed by atoms with E-state index in [-0.39, 0.29) is 12.2 Å². The minimum absolute atomic E-state index is 0.0301. The molecule has 0 fully saturated rings. The molecule has 0 atom stereocenters. The van der Waals surface area contributed by atoms with E-state index >= 15 is 0 Å². The van der Waals surface area contributed by atoms with E-state index in [9.17, 15) is 9.59 Å². The van der Waals surface area contributed by atoms with E-state index in [4.69, 9.17) is 10.2 Å². The molecule has 0 radical (unpaired) electrons. The first-order valence-corrected chi connectivity index (χ1v) is 3.49. The Kier molecular flexibility index (Phi) is 5.55. The largest absolute Gasteiger partial charge is 0.480 e. The predicted molar refractivity (Wildman–Crippen MR) is 45.7 cm³/mol. The van der Waals surface area contributed by atoms with Crippen molar-refractivity contribution < 1.29 is 19.8 Å². The average molecular weight is 199 g/mol. The fourth-order valence-electron chi connectivity index (χ4n) is 0.410. The van der Waals surface area contributed by atoms with Gasteiger partial charge < -0.3 is 15.9 Å². The van der Waals surface area contributed by atoms with Crippen molar-refractivity contribution in [1.82, 2.24) is 9.97 Å². The maximum atomic E-state index is 10.1. The fourth-order valence-corrected chi connectivity index (χ4v) is 0.410. The van der Waals surface area contributed by atoms with Crippen molar-refractivity contribution in [3.63, 3.8) is 0 Å². The molecule has 7 heteroatoms. The number of carbonyl (C=O) groups is 2. The van der Waals surface area contributed by atoms with Gasteiger partial charge in [0.15, 0.2) is 5.69 Å². The predicted octanol–water partition coefficient (Wildman–Crippen LogP) is -0.795. The van der Waals surface area contributed by atoms with Gasteiger partial charge in [-0.25, -0.2) is 9.78 Å². The lowest BCUT2D eigenvalue weighted by molar-refractivity contribution is -0.135. The maximum Gasteiger partial charge on any atom is 0.356 e. The van der Waals surface area contributed by atoms with Crippen LogP contribution in [0.5, 0.6) is 0 Å². The number of rotatable bonds is 2. The van der Waals surface area contributed by atoms with Crippen molar-refractivity contribution in [1.29, 1.82) is 0 Å². The third-order valence-electron chi connectivity index (χ3n) is 0.957. The van der Waals surface area contributed by atoms with Crippen molar-refractivity contribution in [2.45, 2.75) is 0 Å². The van der Waals surface area contributed by atoms with Crippen LogP contribution in [0.4, 0.5) is 0 Å². The third kappa shape index (κ3) is 5.61. The average Bonchev–Trinajstić information content (AvgIpc) is 2.20. The summed E-state index contributed by atoms with van der Waals surface area (Å²) in [5.74, 6) is -2.02. The number of hydrogen-bond donors (Lipinski definition) is 3. The summed E-state index contributed by atoms with van der Waals surface area (Å²) in [6, 6.07) is 0. The first-order valence-electron chi connectivity index (χ1n) is 3.49. The molecule has 0 aliphatic carbocycles. The maximum absolute atomic E-state index is 10.1. The molecule has 0 unspecified atom stereocenters. The monoisotopic (exact) mass is 199 g/mol. The second-order valence-electron chi connectivity index (χ2n) is 1.99. The van der Waals surface area contributed by atoms with Crippen LogP contribution in [0.25, 0.3) is 0 Å². The van der Waals surface area contributed by atoms with Crippen LogP contribution in [-0.2, 0) is 4.79 Å². The second-order valence-corrected chi connectivity index (χ2v) is 1.99. The second kappa shape index (κ2) is 6.49. The van der Waals surface area contributed by atoms with Gasteiger partial charge in [-0.1, -0.05) is 0 Å². The lowest BCUT2D eigenvalue weighted by atomic mass is 10.5. The molecular weight excluding hydrogens is 190 g/mol. The summed E-state index contributed by atoms with van der Waals surface area (Å²) in [6.45, 7) is -0.278. The van der Waals surface area contributed by atoms with Crippen molar-refractivity contribution >= 4 is 11.9 Å². The highest BCUT2D eigenvalue weighted by Crippen LogP contribution is 1.86. The van der Waals surface area contributed by atoms with Crippen LogP contribution in [0, 0.1) is 0 Å². The minimum atomic E-state index is -1.05. The van der Waals surface area contributed by atoms with E-state index in [0.717, 1.165) is 0 Å². The van der Waals surface area contributed by atoms with Gasteiger partial charge in [0.2, 0.25) is 0 Å². The van der Waals surface area contributed by atoms with Crippen LogP contribution in [0.1, 0.15) is 10.5 Å². The van der Waals surface area contributed by atoms with Gasteiger partial charge in [0.25, 0.3) is 0 Å². The smallest absolute Gasteiger partial charge is 0.356 e. The zero-order chi connectivity index (χ0) is 11.0. The molecular formula is C7H9N3O4. The zero-order valence-electron chi connectivity index (χ0n) is 7.12. The Labute approximate surface area is 79.2 Å². The lowest BCUT2D eigenvalue weighted by Crippen LogP contribution is -2.10. The molecule has 0 aliphatic heterocycles. The molecule has 76 valence electrons. The first-order chi connectivity index (χ1) is 6.57. The van der Waals surface area contributed by atoms with E-state index in [1.54, 1.807) is 0 Å². The highest BCUT2D eigenvalue weighted by Gasteiger charge is 2.00. The SMILES string of the molecule is NCC(=O)O.O=C(O)c1cnccn1. The van der Waals surface area contributed by atoms with Crippen LogP contribution in [0.2, 0.25) is 0 Å². The first kappa shape index (κ1) is 12.0. The van der Waals surface area contributed by atoms with Gasteiger partial charge in [-0.2, -0.15) is 0 Å². The summed E-state index contributed by atoms with van der Waals surface area (Å²) < 4.78 is 0. The molecule has 1 rings (SSSR count). The molecule has 0 saturated heterocycles. The number of aliphatic carboxylic acids is 1. The van der Waals surface area contributed by atoms with E-state index in [1.807, 2.05) is 0 Å². The summed E-state index contributed by atoms with van der Waals surface area (Å²) in [6.07, 6.45) is 3.96. The number of hydrogen-bond acceptors (Lipinski definition) is 5. The van der Waals surface area contributed by atoms with E-state index in [0.29, 0.717) is 0 Å². The molecule has 1 heterocycles. The zero-order valence-corrected chi connectivity index (χ0v) is 7.12. The number of nitrogens with zero attached hydrogens (tertiary/aromatic N) is 2. The third-order valence-corrected chi connectivity index (χ3v) is 0.957. The molecule has 1 aromatic rings. The number of aromatic carboxylic acids is 1. The molecule has 0 amide bonds. The van der Waals surface area contributed by atoms with Gasteiger partial charge in [-0.15, -0.1) is 0 Å². The van der Waals surface area contributed by atoms with E-state index < -0.39 is 11.9 Å². The molecule has 1 aromatic heterocycles. The summed E-state index contributed by atoms with van der Waals surface area (Å²) in [5.41, 5.74) is 4.54. The van der Waals surface area contributed by atoms with Crippen molar-refractivity contribution in [3.05, 3.63) is 24.3 Å². The summed E-state index contributed by atoms with van der Waals surface area (Å²) in [5, 5.41) is 15.9. The van der Waals surface area contributed by atoms with Crippen LogP contribution >= 0.6 is 0 Å². The summed E-state index contributed by atoms with van der Waals surface area (Å²) in [4.78, 5) is 26.4. The summed E-state index contributed by atoms with van der Waals surface area (Å²) in [7, 11) is 0. The van der Waals surface area contributed by atoms with Gasteiger partial charge in [0, 0.05) is 12.4 Å². The minimum Gasteiger partial charge on any atom is -0.480 e. The van der Waals surface area contributed by atoms with Crippen molar-refractivity contribution in [3.8, 4) is 0 Å². The van der Waals surface area contributed by atoms with Gasteiger partial charge >= 0.3 is 11.9 Å². The molecule has 0 aromatic carbocycles. The lowest BCUT2D eigenvalue weighted by Gasteiger charge is -1.86. The van der Waals surface area contributed by atoms with Gasteiger partial charge in [-0.3, -0.25) is 9.78 Å². The Hall–Kier alpha value is -2.02. The van der Waals surface area contributed by atoms with Crippen LogP contribution < -0.4 is 5.73 Å². The highest BCUT2D eigenvalue weighted by molar-refractivity contribution is 5.84. The molecule has 14 heavy (non-hydrogen) atoms. The molecule has 7 nitrogen and oxygen atoms in total. The highest BCUT2D eigenvalue weighted by atomic mass is 16.4. The Balaban J connectivity index is 0.000000292. The van der Waals surface area contributed by atoms with Gasteiger partial charge in [0.05, 0.1) is 12.7 Å². The van der Waals surface area contributed by atoms with E-state index in [2.05, 4.69) is 15.7 Å². The van der Waals surface area contributed by atoms with Gasteiger partial charge in [0.1, 0.15) is 0 Å². The van der Waals surface area contributed by atoms with Crippen LogP contribution in [-0.4, -0.2) is 38.7 Å². The Morgan fingerprint density at radius 3 is 2.14 bits per heavy atom. The molecule has 0 saturated carbocycles. The quantitative estimate of drug-likeness (QED) is 0.569. The summed E-state index contributed by atoms with van der Waals surface area (Å²) >= 11 is 0. The molecule has 0 spiro atoms. The van der Waals surface area contributed by atoms with Gasteiger partial charge in [-0.05, 0) is 0 Å². The van der Waals surface area contributed by atoms with Crippen LogP contribution in [0.15, 0.2) is 18.6 Å². The standard InChI is InChI=1S/C5H4N2O2.C2H5NO2/c8-5(9)4-3-6-1-2-7-4;3-1-2(4)5/h1-3H,(H,8,9);1,3H2,(H,4,5). The number of aromatic nitrogens is 2. The number of carboxylic acid groups (broad SMARTS) is 2. The Bertz CT molecular complexity index is 301. The van der Waals surface area contributed by atoms with Crippen molar-refractivity contribution in [2.75, 3.05) is 6.54 Å².